The number of aliphatic hydroxyl groups excluding tert-OH is 1. The molecule has 1 aromatic carbocycles. The summed E-state index contributed by atoms with van der Waals surface area (Å²) in [5.74, 6) is 0. The normalized spacial score (nSPS) is 10.1. The first-order chi connectivity index (χ1) is 8.74. The molecule has 0 bridgehead atoms. The summed E-state index contributed by atoms with van der Waals surface area (Å²) >= 11 is 4.79. The zero-order valence-electron chi connectivity index (χ0n) is 9.30. The second-order valence-corrected chi connectivity index (χ2v) is 5.48. The molecule has 0 aliphatic carbocycles. The second-order valence-electron chi connectivity index (χ2n) is 3.51. The molecule has 5 heteroatoms. The van der Waals surface area contributed by atoms with Crippen LogP contribution in [-0.2, 0) is 6.61 Å². The zero-order chi connectivity index (χ0) is 13.0. The summed E-state index contributed by atoms with van der Waals surface area (Å²) in [4.78, 5) is 5.88. The molecule has 1 aromatic heterocycles. The molecule has 0 radical (unpaired) electrons. The van der Waals surface area contributed by atoms with E-state index in [-0.39, 0.29) is 6.61 Å². The standard InChI is InChI=1S/C13H9BrN2OS/c14-12-6-16-7-13(11(12)5-15)18-10-3-1-9(8-17)2-4-10/h1-4,6-7,17H,8H2. The lowest BCUT2D eigenvalue weighted by molar-refractivity contribution is 0.282. The highest BCUT2D eigenvalue weighted by Crippen LogP contribution is 2.32. The largest absolute Gasteiger partial charge is 0.392 e. The summed E-state index contributed by atoms with van der Waals surface area (Å²) in [5.41, 5.74) is 1.45. The van der Waals surface area contributed by atoms with Gasteiger partial charge in [0, 0.05) is 22.2 Å². The number of halogens is 1. The molecule has 0 saturated carbocycles. The topological polar surface area (TPSA) is 56.9 Å². The van der Waals surface area contributed by atoms with Crippen molar-refractivity contribution in [3.8, 4) is 6.07 Å². The van der Waals surface area contributed by atoms with Gasteiger partial charge >= 0.3 is 0 Å². The van der Waals surface area contributed by atoms with Gasteiger partial charge in [0.1, 0.15) is 6.07 Å². The summed E-state index contributed by atoms with van der Waals surface area (Å²) in [6.07, 6.45) is 3.28. The molecule has 0 fully saturated rings. The van der Waals surface area contributed by atoms with Gasteiger partial charge in [0.05, 0.1) is 16.6 Å². The average Bonchev–Trinajstić information content (AvgIpc) is 2.40. The summed E-state index contributed by atoms with van der Waals surface area (Å²) in [6, 6.07) is 9.71. The van der Waals surface area contributed by atoms with Gasteiger partial charge in [0.2, 0.25) is 0 Å². The van der Waals surface area contributed by atoms with Crippen LogP contribution in [0.25, 0.3) is 0 Å². The molecule has 18 heavy (non-hydrogen) atoms. The van der Waals surface area contributed by atoms with Crippen molar-refractivity contribution < 1.29 is 5.11 Å². The molecule has 1 N–H and O–H groups in total. The van der Waals surface area contributed by atoms with Crippen molar-refractivity contribution in [1.29, 1.82) is 5.26 Å². The Labute approximate surface area is 118 Å². The molecule has 0 aliphatic rings. The molecule has 1 heterocycles. The van der Waals surface area contributed by atoms with E-state index in [1.165, 1.54) is 11.8 Å². The SMILES string of the molecule is N#Cc1c(Br)cncc1Sc1ccc(CO)cc1. The number of aromatic nitrogens is 1. The van der Waals surface area contributed by atoms with E-state index >= 15 is 0 Å². The molecule has 2 aromatic rings. The fourth-order valence-electron chi connectivity index (χ4n) is 1.39. The van der Waals surface area contributed by atoms with Gasteiger partial charge < -0.3 is 5.11 Å². The molecule has 0 atom stereocenters. The van der Waals surface area contributed by atoms with Crippen LogP contribution in [-0.4, -0.2) is 10.1 Å². The van der Waals surface area contributed by atoms with E-state index in [9.17, 15) is 0 Å². The highest BCUT2D eigenvalue weighted by Gasteiger charge is 2.08. The predicted octanol–water partition coefficient (Wildman–Crippen LogP) is 3.36. The number of benzene rings is 1. The number of hydrogen-bond acceptors (Lipinski definition) is 4. The molecular formula is C13H9BrN2OS. The number of nitrogens with zero attached hydrogens (tertiary/aromatic N) is 2. The van der Waals surface area contributed by atoms with Gasteiger partial charge in [-0.25, -0.2) is 0 Å². The zero-order valence-corrected chi connectivity index (χ0v) is 11.7. The number of rotatable bonds is 3. The van der Waals surface area contributed by atoms with Gasteiger partial charge in [-0.2, -0.15) is 5.26 Å². The van der Waals surface area contributed by atoms with Gasteiger partial charge in [0.25, 0.3) is 0 Å². The Bertz CT molecular complexity index is 593. The average molecular weight is 321 g/mol. The smallest absolute Gasteiger partial charge is 0.102 e. The van der Waals surface area contributed by atoms with E-state index in [0.29, 0.717) is 10.0 Å². The van der Waals surface area contributed by atoms with E-state index < -0.39 is 0 Å². The predicted molar refractivity (Wildman–Crippen MR) is 73.1 cm³/mol. The van der Waals surface area contributed by atoms with Gasteiger partial charge in [-0.05, 0) is 33.6 Å². The highest BCUT2D eigenvalue weighted by molar-refractivity contribution is 9.10. The van der Waals surface area contributed by atoms with E-state index in [2.05, 4.69) is 27.0 Å². The van der Waals surface area contributed by atoms with Crippen LogP contribution in [0.3, 0.4) is 0 Å². The Morgan fingerprint density at radius 1 is 1.28 bits per heavy atom. The van der Waals surface area contributed by atoms with Crippen LogP contribution in [0.5, 0.6) is 0 Å². The molecule has 0 spiro atoms. The maximum Gasteiger partial charge on any atom is 0.102 e. The molecule has 0 unspecified atom stereocenters. The van der Waals surface area contributed by atoms with Crippen LogP contribution in [0.4, 0.5) is 0 Å². The van der Waals surface area contributed by atoms with Crippen molar-refractivity contribution in [2.45, 2.75) is 16.4 Å². The first-order valence-electron chi connectivity index (χ1n) is 5.16. The third-order valence-corrected chi connectivity index (χ3v) is 3.95. The molecule has 0 aliphatic heterocycles. The van der Waals surface area contributed by atoms with E-state index in [4.69, 9.17) is 10.4 Å². The van der Waals surface area contributed by atoms with Crippen LogP contribution in [0.1, 0.15) is 11.1 Å². The van der Waals surface area contributed by atoms with E-state index in [1.54, 1.807) is 12.4 Å². The summed E-state index contributed by atoms with van der Waals surface area (Å²) in [7, 11) is 0. The van der Waals surface area contributed by atoms with Gasteiger partial charge in [-0.3, -0.25) is 4.98 Å². The molecule has 0 amide bonds. The van der Waals surface area contributed by atoms with Gasteiger partial charge in [-0.15, -0.1) is 0 Å². The van der Waals surface area contributed by atoms with Crippen LogP contribution in [0.15, 0.2) is 50.9 Å². The maximum absolute atomic E-state index is 9.11. The van der Waals surface area contributed by atoms with Crippen molar-refractivity contribution in [2.24, 2.45) is 0 Å². The Morgan fingerprint density at radius 3 is 2.61 bits per heavy atom. The summed E-state index contributed by atoms with van der Waals surface area (Å²) < 4.78 is 0.696. The Hall–Kier alpha value is -1.35. The molecule has 2 rings (SSSR count). The monoisotopic (exact) mass is 320 g/mol. The molecule has 90 valence electrons. The molecule has 0 saturated heterocycles. The third-order valence-electron chi connectivity index (χ3n) is 2.31. The molecular weight excluding hydrogens is 312 g/mol. The Morgan fingerprint density at radius 2 is 2.00 bits per heavy atom. The quantitative estimate of drug-likeness (QED) is 0.942. The minimum atomic E-state index is 0.0346. The minimum Gasteiger partial charge on any atom is -0.392 e. The van der Waals surface area contributed by atoms with Gasteiger partial charge in [-0.1, -0.05) is 23.9 Å². The lowest BCUT2D eigenvalue weighted by atomic mass is 10.2. The van der Waals surface area contributed by atoms with Crippen molar-refractivity contribution >= 4 is 27.7 Å². The van der Waals surface area contributed by atoms with Crippen LogP contribution < -0.4 is 0 Å². The first kappa shape index (κ1) is 13.1. The van der Waals surface area contributed by atoms with Gasteiger partial charge in [0.15, 0.2) is 0 Å². The second kappa shape index (κ2) is 6.01. The third kappa shape index (κ3) is 2.91. The Kier molecular flexibility index (Phi) is 4.37. The number of pyridine rings is 1. The lowest BCUT2D eigenvalue weighted by Crippen LogP contribution is -1.86. The van der Waals surface area contributed by atoms with E-state index in [0.717, 1.165) is 15.4 Å². The fourth-order valence-corrected chi connectivity index (χ4v) is 2.84. The van der Waals surface area contributed by atoms with Crippen LogP contribution in [0, 0.1) is 11.3 Å². The fraction of sp³-hybridized carbons (Fsp3) is 0.0769. The number of aliphatic hydroxyl groups is 1. The van der Waals surface area contributed by atoms with Crippen LogP contribution >= 0.6 is 27.7 Å². The summed E-state index contributed by atoms with van der Waals surface area (Å²) in [6.45, 7) is 0.0346. The highest BCUT2D eigenvalue weighted by atomic mass is 79.9. The maximum atomic E-state index is 9.11. The Balaban J connectivity index is 2.28. The van der Waals surface area contributed by atoms with Crippen molar-refractivity contribution in [3.05, 3.63) is 52.3 Å². The van der Waals surface area contributed by atoms with Crippen LogP contribution in [0.2, 0.25) is 0 Å². The van der Waals surface area contributed by atoms with Crippen molar-refractivity contribution in [2.75, 3.05) is 0 Å². The number of nitriles is 1. The van der Waals surface area contributed by atoms with Crippen molar-refractivity contribution in [1.82, 2.24) is 4.98 Å². The minimum absolute atomic E-state index is 0.0346. The lowest BCUT2D eigenvalue weighted by Gasteiger charge is -2.05. The van der Waals surface area contributed by atoms with Crippen molar-refractivity contribution in [3.63, 3.8) is 0 Å². The van der Waals surface area contributed by atoms with E-state index in [1.807, 2.05) is 24.3 Å². The number of hydrogen-bond donors (Lipinski definition) is 1. The first-order valence-corrected chi connectivity index (χ1v) is 6.77. The molecule has 3 nitrogen and oxygen atoms in total. The summed E-state index contributed by atoms with van der Waals surface area (Å²) in [5, 5.41) is 18.1.